The fourth-order valence-electron chi connectivity index (χ4n) is 1.91. The predicted molar refractivity (Wildman–Crippen MR) is 73.7 cm³/mol. The first-order valence-corrected chi connectivity index (χ1v) is 6.56. The Bertz CT molecular complexity index is 417. The number of halogens is 1. The predicted octanol–water partition coefficient (Wildman–Crippen LogP) is 3.77. The standard InChI is InChI=1S/C12H17BrN2O2/c1-4-9-7-10(15(16)17)8-11(13)12(9)14(5-2)6-3/h7-8H,4-6H2,1-3H3. The van der Waals surface area contributed by atoms with Gasteiger partial charge >= 0.3 is 0 Å². The Hall–Kier alpha value is -1.10. The van der Waals surface area contributed by atoms with Crippen LogP contribution in [0.4, 0.5) is 11.4 Å². The van der Waals surface area contributed by atoms with Gasteiger partial charge in [0.05, 0.1) is 10.6 Å². The number of hydrogen-bond donors (Lipinski definition) is 0. The van der Waals surface area contributed by atoms with Crippen molar-refractivity contribution in [3.8, 4) is 0 Å². The molecule has 0 aromatic heterocycles. The summed E-state index contributed by atoms with van der Waals surface area (Å²) >= 11 is 3.44. The largest absolute Gasteiger partial charge is 0.371 e. The first-order valence-electron chi connectivity index (χ1n) is 5.76. The summed E-state index contributed by atoms with van der Waals surface area (Å²) in [4.78, 5) is 12.7. The topological polar surface area (TPSA) is 46.4 Å². The van der Waals surface area contributed by atoms with E-state index in [9.17, 15) is 10.1 Å². The quantitative estimate of drug-likeness (QED) is 0.614. The summed E-state index contributed by atoms with van der Waals surface area (Å²) in [5.41, 5.74) is 2.22. The monoisotopic (exact) mass is 300 g/mol. The maximum absolute atomic E-state index is 10.8. The number of anilines is 1. The molecule has 0 saturated heterocycles. The van der Waals surface area contributed by atoms with Gasteiger partial charge in [-0.25, -0.2) is 0 Å². The Morgan fingerprint density at radius 2 is 1.88 bits per heavy atom. The molecule has 5 heteroatoms. The number of nitro groups is 1. The first kappa shape index (κ1) is 14.0. The molecule has 17 heavy (non-hydrogen) atoms. The molecule has 0 amide bonds. The maximum atomic E-state index is 10.8. The van der Waals surface area contributed by atoms with Gasteiger partial charge in [0.1, 0.15) is 0 Å². The molecule has 1 aromatic rings. The van der Waals surface area contributed by atoms with Crippen molar-refractivity contribution in [2.75, 3.05) is 18.0 Å². The number of nitro benzene ring substituents is 1. The Labute approximate surface area is 110 Å². The van der Waals surface area contributed by atoms with E-state index < -0.39 is 0 Å². The molecule has 0 bridgehead atoms. The Morgan fingerprint density at radius 3 is 2.29 bits per heavy atom. The minimum atomic E-state index is -0.351. The van der Waals surface area contributed by atoms with Crippen LogP contribution in [0.3, 0.4) is 0 Å². The zero-order chi connectivity index (χ0) is 13.0. The average molecular weight is 301 g/mol. The third-order valence-corrected chi connectivity index (χ3v) is 3.40. The van der Waals surface area contributed by atoms with Crippen LogP contribution < -0.4 is 4.90 Å². The molecular weight excluding hydrogens is 284 g/mol. The summed E-state index contributed by atoms with van der Waals surface area (Å²) in [6.07, 6.45) is 0.784. The highest BCUT2D eigenvalue weighted by Crippen LogP contribution is 2.34. The molecule has 0 N–H and O–H groups in total. The van der Waals surface area contributed by atoms with Crippen LogP contribution in [0, 0.1) is 10.1 Å². The zero-order valence-electron chi connectivity index (χ0n) is 10.4. The molecule has 0 saturated carbocycles. The van der Waals surface area contributed by atoms with E-state index in [-0.39, 0.29) is 10.6 Å². The molecule has 4 nitrogen and oxygen atoms in total. The van der Waals surface area contributed by atoms with Crippen LogP contribution in [0.25, 0.3) is 0 Å². The Balaban J connectivity index is 3.34. The van der Waals surface area contributed by atoms with Gasteiger partial charge in [-0.3, -0.25) is 10.1 Å². The molecule has 94 valence electrons. The van der Waals surface area contributed by atoms with Crippen molar-refractivity contribution in [3.05, 3.63) is 32.3 Å². The minimum Gasteiger partial charge on any atom is -0.371 e. The lowest BCUT2D eigenvalue weighted by Gasteiger charge is -2.25. The van der Waals surface area contributed by atoms with E-state index in [2.05, 4.69) is 34.7 Å². The van der Waals surface area contributed by atoms with E-state index in [1.165, 1.54) is 0 Å². The molecule has 0 unspecified atom stereocenters. The molecule has 0 atom stereocenters. The lowest BCUT2D eigenvalue weighted by atomic mass is 10.1. The van der Waals surface area contributed by atoms with Crippen molar-refractivity contribution >= 4 is 27.3 Å². The molecule has 1 aromatic carbocycles. The van der Waals surface area contributed by atoms with Crippen molar-refractivity contribution in [1.82, 2.24) is 0 Å². The van der Waals surface area contributed by atoms with E-state index in [0.29, 0.717) is 0 Å². The summed E-state index contributed by atoms with van der Waals surface area (Å²) < 4.78 is 0.798. The van der Waals surface area contributed by atoms with Gasteiger partial charge in [0.15, 0.2) is 0 Å². The second-order valence-corrected chi connectivity index (χ2v) is 4.57. The lowest BCUT2D eigenvalue weighted by molar-refractivity contribution is -0.385. The number of non-ortho nitro benzene ring substituents is 1. The van der Waals surface area contributed by atoms with Gasteiger partial charge in [-0.15, -0.1) is 0 Å². The van der Waals surface area contributed by atoms with Crippen LogP contribution in [0.5, 0.6) is 0 Å². The summed E-state index contributed by atoms with van der Waals surface area (Å²) in [5, 5.41) is 10.8. The SMILES string of the molecule is CCc1cc([N+](=O)[O-])cc(Br)c1N(CC)CC. The Morgan fingerprint density at radius 1 is 1.29 bits per heavy atom. The molecule has 0 aliphatic heterocycles. The smallest absolute Gasteiger partial charge is 0.270 e. The summed E-state index contributed by atoms with van der Waals surface area (Å²) in [6.45, 7) is 7.95. The lowest BCUT2D eigenvalue weighted by Crippen LogP contribution is -2.23. The van der Waals surface area contributed by atoms with Crippen LogP contribution in [0.2, 0.25) is 0 Å². The maximum Gasteiger partial charge on any atom is 0.270 e. The van der Waals surface area contributed by atoms with Gasteiger partial charge in [-0.2, -0.15) is 0 Å². The second kappa shape index (κ2) is 6.00. The number of rotatable bonds is 5. The van der Waals surface area contributed by atoms with Crippen LogP contribution in [0.1, 0.15) is 26.3 Å². The van der Waals surface area contributed by atoms with Gasteiger partial charge in [0.2, 0.25) is 0 Å². The molecule has 0 aliphatic carbocycles. The normalized spacial score (nSPS) is 10.4. The van der Waals surface area contributed by atoms with Crippen molar-refractivity contribution in [3.63, 3.8) is 0 Å². The highest BCUT2D eigenvalue weighted by Gasteiger charge is 2.17. The van der Waals surface area contributed by atoms with Crippen molar-refractivity contribution < 1.29 is 4.92 Å². The molecule has 0 fully saturated rings. The van der Waals surface area contributed by atoms with Crippen LogP contribution in [0.15, 0.2) is 16.6 Å². The number of benzene rings is 1. The van der Waals surface area contributed by atoms with Gasteiger partial charge in [-0.05, 0) is 41.8 Å². The third-order valence-electron chi connectivity index (χ3n) is 2.80. The van der Waals surface area contributed by atoms with Crippen molar-refractivity contribution in [2.45, 2.75) is 27.2 Å². The van der Waals surface area contributed by atoms with Gasteiger partial charge in [0, 0.05) is 29.7 Å². The van der Waals surface area contributed by atoms with E-state index >= 15 is 0 Å². The fourth-order valence-corrected chi connectivity index (χ4v) is 2.65. The highest BCUT2D eigenvalue weighted by atomic mass is 79.9. The second-order valence-electron chi connectivity index (χ2n) is 3.72. The van der Waals surface area contributed by atoms with Crippen molar-refractivity contribution in [2.24, 2.45) is 0 Å². The first-order chi connectivity index (χ1) is 8.04. The van der Waals surface area contributed by atoms with E-state index in [4.69, 9.17) is 0 Å². The summed E-state index contributed by atoms with van der Waals surface area (Å²) in [6, 6.07) is 3.24. The number of hydrogen-bond acceptors (Lipinski definition) is 3. The molecule has 0 heterocycles. The van der Waals surface area contributed by atoms with Crippen LogP contribution >= 0.6 is 15.9 Å². The summed E-state index contributed by atoms with van der Waals surface area (Å²) in [5.74, 6) is 0. The molecule has 0 radical (unpaired) electrons. The van der Waals surface area contributed by atoms with E-state index in [1.54, 1.807) is 12.1 Å². The molecule has 0 spiro atoms. The van der Waals surface area contributed by atoms with Gasteiger partial charge in [0.25, 0.3) is 5.69 Å². The van der Waals surface area contributed by atoms with E-state index in [0.717, 1.165) is 35.2 Å². The number of nitrogens with zero attached hydrogens (tertiary/aromatic N) is 2. The molecule has 1 rings (SSSR count). The average Bonchev–Trinajstić information content (AvgIpc) is 2.31. The van der Waals surface area contributed by atoms with Gasteiger partial charge < -0.3 is 4.90 Å². The summed E-state index contributed by atoms with van der Waals surface area (Å²) in [7, 11) is 0. The third kappa shape index (κ3) is 2.97. The van der Waals surface area contributed by atoms with Crippen LogP contribution in [-0.4, -0.2) is 18.0 Å². The zero-order valence-corrected chi connectivity index (χ0v) is 12.0. The van der Waals surface area contributed by atoms with Crippen molar-refractivity contribution in [1.29, 1.82) is 0 Å². The highest BCUT2D eigenvalue weighted by molar-refractivity contribution is 9.10. The number of aryl methyl sites for hydroxylation is 1. The molecular formula is C12H17BrN2O2. The minimum absolute atomic E-state index is 0.143. The van der Waals surface area contributed by atoms with E-state index in [1.807, 2.05) is 6.92 Å². The Kier molecular flexibility index (Phi) is 4.93. The van der Waals surface area contributed by atoms with Crippen LogP contribution in [-0.2, 0) is 6.42 Å². The van der Waals surface area contributed by atoms with Gasteiger partial charge in [-0.1, -0.05) is 6.92 Å². The fraction of sp³-hybridized carbons (Fsp3) is 0.500. The molecule has 0 aliphatic rings.